The Morgan fingerprint density at radius 2 is 1.96 bits per heavy atom. The number of nitrogens with zero attached hydrogens (tertiary/aromatic N) is 1. The molecule has 3 rings (SSSR count). The van der Waals surface area contributed by atoms with Crippen LogP contribution in [0.1, 0.15) is 25.5 Å². The van der Waals surface area contributed by atoms with E-state index in [-0.39, 0.29) is 23.9 Å². The maximum Gasteiger partial charge on any atom is 0.243 e. The Kier molecular flexibility index (Phi) is 6.15. The largest absolute Gasteiger partial charge is 0.467 e. The summed E-state index contributed by atoms with van der Waals surface area (Å²) in [5, 5.41) is 5.29. The average Bonchev–Trinajstić information content (AvgIpc) is 3.38. The van der Waals surface area contributed by atoms with Crippen LogP contribution in [0, 0.1) is 0 Å². The molecule has 2 atom stereocenters. The van der Waals surface area contributed by atoms with Gasteiger partial charge in [-0.3, -0.25) is 9.59 Å². The van der Waals surface area contributed by atoms with Crippen LogP contribution in [-0.4, -0.2) is 43.2 Å². The van der Waals surface area contributed by atoms with Crippen molar-refractivity contribution in [2.45, 2.75) is 43.3 Å². The fourth-order valence-corrected chi connectivity index (χ4v) is 4.81. The first-order valence-corrected chi connectivity index (χ1v) is 10.5. The molecule has 2 amide bonds. The van der Waals surface area contributed by atoms with Crippen molar-refractivity contribution in [2.75, 3.05) is 6.54 Å². The van der Waals surface area contributed by atoms with Gasteiger partial charge in [-0.25, -0.2) is 8.42 Å². The molecule has 0 radical (unpaired) electrons. The minimum absolute atomic E-state index is 0.152. The highest BCUT2D eigenvalue weighted by Gasteiger charge is 2.40. The van der Waals surface area contributed by atoms with Crippen molar-refractivity contribution in [3.05, 3.63) is 54.5 Å². The molecule has 1 aliphatic heterocycles. The zero-order valence-corrected chi connectivity index (χ0v) is 16.3. The summed E-state index contributed by atoms with van der Waals surface area (Å²) in [4.78, 5) is 25.0. The van der Waals surface area contributed by atoms with Gasteiger partial charge in [-0.2, -0.15) is 4.31 Å². The van der Waals surface area contributed by atoms with E-state index in [1.165, 1.54) is 22.7 Å². The molecule has 1 aromatic heterocycles. The van der Waals surface area contributed by atoms with E-state index >= 15 is 0 Å². The van der Waals surface area contributed by atoms with Gasteiger partial charge >= 0.3 is 0 Å². The monoisotopic (exact) mass is 405 g/mol. The average molecular weight is 405 g/mol. The normalized spacial score (nSPS) is 18.5. The first-order chi connectivity index (χ1) is 13.4. The van der Waals surface area contributed by atoms with E-state index in [1.807, 2.05) is 0 Å². The number of amides is 2. The van der Waals surface area contributed by atoms with Gasteiger partial charge in [-0.15, -0.1) is 0 Å². The number of nitrogens with one attached hydrogen (secondary N) is 2. The maximum atomic E-state index is 12.9. The quantitative estimate of drug-likeness (QED) is 0.721. The number of hydrogen-bond acceptors (Lipinski definition) is 5. The van der Waals surface area contributed by atoms with Crippen LogP contribution in [-0.2, 0) is 26.2 Å². The van der Waals surface area contributed by atoms with Gasteiger partial charge in [0.05, 0.1) is 17.7 Å². The summed E-state index contributed by atoms with van der Waals surface area (Å²) in [5.74, 6) is -0.249. The van der Waals surface area contributed by atoms with Crippen LogP contribution in [0.3, 0.4) is 0 Å². The van der Waals surface area contributed by atoms with Gasteiger partial charge in [0.25, 0.3) is 0 Å². The summed E-state index contributed by atoms with van der Waals surface area (Å²) >= 11 is 0. The summed E-state index contributed by atoms with van der Waals surface area (Å²) in [5.41, 5.74) is 0. The molecule has 1 aromatic carbocycles. The molecule has 1 saturated heterocycles. The van der Waals surface area contributed by atoms with E-state index < -0.39 is 28.0 Å². The third kappa shape index (κ3) is 4.42. The molecular weight excluding hydrogens is 382 g/mol. The Morgan fingerprint density at radius 1 is 1.21 bits per heavy atom. The summed E-state index contributed by atoms with van der Waals surface area (Å²) in [6, 6.07) is 9.85. The molecule has 0 bridgehead atoms. The molecule has 2 aromatic rings. The molecule has 2 unspecified atom stereocenters. The molecular formula is C19H23N3O5S. The lowest BCUT2D eigenvalue weighted by Crippen LogP contribution is -2.51. The highest BCUT2D eigenvalue weighted by Crippen LogP contribution is 2.26. The van der Waals surface area contributed by atoms with Crippen LogP contribution in [0.2, 0.25) is 0 Å². The molecule has 0 aliphatic carbocycles. The van der Waals surface area contributed by atoms with Crippen LogP contribution >= 0.6 is 0 Å². The SMILES string of the molecule is CC(NC(=O)C1CCCN1S(=O)(=O)c1ccccc1)C(=O)NCc1ccco1. The van der Waals surface area contributed by atoms with Gasteiger partial charge in [0.2, 0.25) is 21.8 Å². The van der Waals surface area contributed by atoms with Crippen LogP contribution in [0.25, 0.3) is 0 Å². The Labute approximate surface area is 164 Å². The van der Waals surface area contributed by atoms with E-state index in [4.69, 9.17) is 4.42 Å². The number of hydrogen-bond donors (Lipinski definition) is 2. The number of furan rings is 1. The summed E-state index contributed by atoms with van der Waals surface area (Å²) in [7, 11) is -3.77. The lowest BCUT2D eigenvalue weighted by atomic mass is 10.2. The molecule has 1 aliphatic rings. The number of benzene rings is 1. The molecule has 28 heavy (non-hydrogen) atoms. The van der Waals surface area contributed by atoms with Gasteiger partial charge in [0.15, 0.2) is 0 Å². The molecule has 0 saturated carbocycles. The van der Waals surface area contributed by atoms with Crippen molar-refractivity contribution >= 4 is 21.8 Å². The molecule has 1 fully saturated rings. The maximum absolute atomic E-state index is 12.9. The predicted octanol–water partition coefficient (Wildman–Crippen LogP) is 1.25. The summed E-state index contributed by atoms with van der Waals surface area (Å²) in [6.45, 7) is 2.04. The van der Waals surface area contributed by atoms with Gasteiger partial charge in [-0.05, 0) is 44.0 Å². The van der Waals surface area contributed by atoms with Crippen LogP contribution in [0.15, 0.2) is 58.0 Å². The Balaban J connectivity index is 1.62. The van der Waals surface area contributed by atoms with Crippen molar-refractivity contribution in [1.29, 1.82) is 0 Å². The van der Waals surface area contributed by atoms with Crippen molar-refractivity contribution in [3.8, 4) is 0 Å². The van der Waals surface area contributed by atoms with E-state index in [0.717, 1.165) is 0 Å². The molecule has 2 heterocycles. The van der Waals surface area contributed by atoms with Crippen molar-refractivity contribution in [2.24, 2.45) is 0 Å². The Hall–Kier alpha value is -2.65. The fourth-order valence-electron chi connectivity index (χ4n) is 3.13. The summed E-state index contributed by atoms with van der Waals surface area (Å²) in [6.07, 6.45) is 2.51. The number of carbonyl (C=O) groups excluding carboxylic acids is 2. The van der Waals surface area contributed by atoms with Crippen molar-refractivity contribution in [3.63, 3.8) is 0 Å². The minimum Gasteiger partial charge on any atom is -0.467 e. The van der Waals surface area contributed by atoms with Crippen LogP contribution in [0.4, 0.5) is 0 Å². The fraction of sp³-hybridized carbons (Fsp3) is 0.368. The molecule has 2 N–H and O–H groups in total. The van der Waals surface area contributed by atoms with Crippen LogP contribution < -0.4 is 10.6 Å². The predicted molar refractivity (Wildman–Crippen MR) is 102 cm³/mol. The number of carbonyl (C=O) groups is 2. The van der Waals surface area contributed by atoms with Crippen molar-refractivity contribution < 1.29 is 22.4 Å². The second-order valence-electron chi connectivity index (χ2n) is 6.61. The highest BCUT2D eigenvalue weighted by atomic mass is 32.2. The highest BCUT2D eigenvalue weighted by molar-refractivity contribution is 7.89. The molecule has 150 valence electrons. The standard InChI is InChI=1S/C19H23N3O5S/c1-14(18(23)20-13-15-7-6-12-27-15)21-19(24)17-10-5-11-22(17)28(25,26)16-8-3-2-4-9-16/h2-4,6-9,12,14,17H,5,10-11,13H2,1H3,(H,20,23)(H,21,24). The molecule has 9 heteroatoms. The molecule has 8 nitrogen and oxygen atoms in total. The van der Waals surface area contributed by atoms with Gasteiger partial charge < -0.3 is 15.1 Å². The number of sulfonamides is 1. The third-order valence-electron chi connectivity index (χ3n) is 4.63. The summed E-state index contributed by atoms with van der Waals surface area (Å²) < 4.78 is 32.1. The second kappa shape index (κ2) is 8.57. The Bertz CT molecular complexity index is 912. The van der Waals surface area contributed by atoms with E-state index in [0.29, 0.717) is 18.6 Å². The van der Waals surface area contributed by atoms with E-state index in [1.54, 1.807) is 37.3 Å². The minimum atomic E-state index is -3.77. The van der Waals surface area contributed by atoms with E-state index in [9.17, 15) is 18.0 Å². The third-order valence-corrected chi connectivity index (χ3v) is 6.55. The number of rotatable bonds is 7. The topological polar surface area (TPSA) is 109 Å². The molecule has 0 spiro atoms. The lowest BCUT2D eigenvalue weighted by Gasteiger charge is -2.24. The smallest absolute Gasteiger partial charge is 0.243 e. The first-order valence-electron chi connectivity index (χ1n) is 9.07. The first kappa shape index (κ1) is 20.1. The van der Waals surface area contributed by atoms with Gasteiger partial charge in [0, 0.05) is 6.54 Å². The zero-order chi connectivity index (χ0) is 20.1. The van der Waals surface area contributed by atoms with Gasteiger partial charge in [-0.1, -0.05) is 18.2 Å². The van der Waals surface area contributed by atoms with E-state index in [2.05, 4.69) is 10.6 Å². The van der Waals surface area contributed by atoms with Crippen molar-refractivity contribution in [1.82, 2.24) is 14.9 Å². The lowest BCUT2D eigenvalue weighted by molar-refractivity contribution is -0.130. The zero-order valence-electron chi connectivity index (χ0n) is 15.5. The second-order valence-corrected chi connectivity index (χ2v) is 8.50. The Morgan fingerprint density at radius 3 is 2.64 bits per heavy atom. The van der Waals surface area contributed by atoms with Crippen LogP contribution in [0.5, 0.6) is 0 Å². The van der Waals surface area contributed by atoms with Gasteiger partial charge in [0.1, 0.15) is 17.8 Å².